The molecular weight excluding hydrogens is 444 g/mol. The molecule has 0 saturated heterocycles. The molecule has 3 aromatic rings. The van der Waals surface area contributed by atoms with Gasteiger partial charge in [0.05, 0.1) is 11.5 Å². The van der Waals surface area contributed by atoms with Gasteiger partial charge in [-0.1, -0.05) is 12.1 Å². The number of anilines is 1. The zero-order valence-corrected chi connectivity index (χ0v) is 19.0. The Hall–Kier alpha value is -2.53. The van der Waals surface area contributed by atoms with Gasteiger partial charge in [-0.15, -0.1) is 22.7 Å². The van der Waals surface area contributed by atoms with E-state index in [9.17, 15) is 18.0 Å². The molecule has 7 nitrogen and oxygen atoms in total. The monoisotopic (exact) mass is 464 g/mol. The minimum atomic E-state index is -3.68. The van der Waals surface area contributed by atoms with Crippen molar-refractivity contribution in [3.05, 3.63) is 58.3 Å². The summed E-state index contributed by atoms with van der Waals surface area (Å²) in [4.78, 5) is 26.3. The number of carbonyl (C=O) groups excluding carboxylic acids is 2. The Morgan fingerprint density at radius 1 is 1.13 bits per heavy atom. The van der Waals surface area contributed by atoms with Crippen molar-refractivity contribution < 1.29 is 22.7 Å². The fraction of sp³-hybridized carbons (Fsp3) is 0.200. The van der Waals surface area contributed by atoms with E-state index in [1.807, 2.05) is 17.5 Å². The molecule has 0 saturated carbocycles. The van der Waals surface area contributed by atoms with Gasteiger partial charge in [-0.2, -0.15) is 0 Å². The Kier molecular flexibility index (Phi) is 6.71. The molecule has 10 heteroatoms. The molecule has 3 rings (SSSR count). The standard InChI is InChI=1S/C20H20N2O5S3/c1-4-27-20(24)17-15(16-9-6-10-28-16)12-29-19(17)21-18(23)13-7-5-8-14(11-13)30(25,26)22(2)3/h5-12H,4H2,1-3H3,(H,21,23). The fourth-order valence-electron chi connectivity index (χ4n) is 2.65. The van der Waals surface area contributed by atoms with E-state index >= 15 is 0 Å². The van der Waals surface area contributed by atoms with Crippen LogP contribution in [0.3, 0.4) is 0 Å². The first-order chi connectivity index (χ1) is 14.3. The Morgan fingerprint density at radius 2 is 1.90 bits per heavy atom. The highest BCUT2D eigenvalue weighted by Crippen LogP contribution is 2.38. The average molecular weight is 465 g/mol. The zero-order chi connectivity index (χ0) is 21.9. The van der Waals surface area contributed by atoms with Crippen LogP contribution in [0.4, 0.5) is 5.00 Å². The number of carbonyl (C=O) groups is 2. The molecule has 0 unspecified atom stereocenters. The molecule has 1 aromatic carbocycles. The molecule has 30 heavy (non-hydrogen) atoms. The number of rotatable bonds is 7. The number of hydrogen-bond acceptors (Lipinski definition) is 7. The number of sulfonamides is 1. The van der Waals surface area contributed by atoms with Crippen LogP contribution in [0, 0.1) is 0 Å². The third-order valence-electron chi connectivity index (χ3n) is 4.16. The second-order valence-electron chi connectivity index (χ2n) is 6.32. The number of nitrogens with zero attached hydrogens (tertiary/aromatic N) is 1. The first-order valence-corrected chi connectivity index (χ1v) is 12.1. The van der Waals surface area contributed by atoms with Crippen molar-refractivity contribution in [1.29, 1.82) is 0 Å². The fourth-order valence-corrected chi connectivity index (χ4v) is 5.37. The third kappa shape index (κ3) is 4.46. The Labute approximate surface area is 183 Å². The second kappa shape index (κ2) is 9.09. The van der Waals surface area contributed by atoms with E-state index in [-0.39, 0.29) is 22.6 Å². The van der Waals surface area contributed by atoms with Crippen LogP contribution in [0.2, 0.25) is 0 Å². The summed E-state index contributed by atoms with van der Waals surface area (Å²) in [6.45, 7) is 1.92. The summed E-state index contributed by atoms with van der Waals surface area (Å²) >= 11 is 2.69. The Morgan fingerprint density at radius 3 is 2.53 bits per heavy atom. The molecule has 0 aliphatic rings. The highest BCUT2D eigenvalue weighted by molar-refractivity contribution is 7.89. The molecule has 1 amide bonds. The normalized spacial score (nSPS) is 11.5. The topological polar surface area (TPSA) is 92.8 Å². The minimum absolute atomic E-state index is 0.0104. The van der Waals surface area contributed by atoms with Gasteiger partial charge in [-0.25, -0.2) is 17.5 Å². The lowest BCUT2D eigenvalue weighted by molar-refractivity contribution is 0.0529. The Bertz CT molecular complexity index is 1170. The molecule has 0 aliphatic carbocycles. The van der Waals surface area contributed by atoms with Crippen molar-refractivity contribution in [2.75, 3.05) is 26.0 Å². The van der Waals surface area contributed by atoms with Crippen LogP contribution in [-0.4, -0.2) is 45.3 Å². The van der Waals surface area contributed by atoms with Crippen molar-refractivity contribution in [3.8, 4) is 10.4 Å². The van der Waals surface area contributed by atoms with Crippen LogP contribution in [-0.2, 0) is 14.8 Å². The van der Waals surface area contributed by atoms with Crippen LogP contribution >= 0.6 is 22.7 Å². The zero-order valence-electron chi connectivity index (χ0n) is 16.5. The van der Waals surface area contributed by atoms with E-state index in [0.717, 1.165) is 9.18 Å². The molecule has 0 spiro atoms. The number of thiophene rings is 2. The second-order valence-corrected chi connectivity index (χ2v) is 10.3. The summed E-state index contributed by atoms with van der Waals surface area (Å²) in [5.74, 6) is -1.04. The van der Waals surface area contributed by atoms with Crippen molar-refractivity contribution in [2.45, 2.75) is 11.8 Å². The average Bonchev–Trinajstić information content (AvgIpc) is 3.37. The van der Waals surface area contributed by atoms with Gasteiger partial charge in [0.2, 0.25) is 10.0 Å². The summed E-state index contributed by atoms with van der Waals surface area (Å²) in [6, 6.07) is 9.52. The number of nitrogens with one attached hydrogen (secondary N) is 1. The molecule has 2 aromatic heterocycles. The van der Waals surface area contributed by atoms with Crippen LogP contribution in [0.15, 0.2) is 52.1 Å². The van der Waals surface area contributed by atoms with Gasteiger partial charge >= 0.3 is 5.97 Å². The molecular formula is C20H20N2O5S3. The van der Waals surface area contributed by atoms with Gasteiger partial charge in [0.25, 0.3) is 5.91 Å². The van der Waals surface area contributed by atoms with Gasteiger partial charge in [0.15, 0.2) is 0 Å². The minimum Gasteiger partial charge on any atom is -0.462 e. The summed E-state index contributed by atoms with van der Waals surface area (Å²) in [6.07, 6.45) is 0. The summed E-state index contributed by atoms with van der Waals surface area (Å²) in [5.41, 5.74) is 1.14. The predicted octanol–water partition coefficient (Wildman–Crippen LogP) is 4.16. The lowest BCUT2D eigenvalue weighted by atomic mass is 10.1. The lowest BCUT2D eigenvalue weighted by Crippen LogP contribution is -2.23. The lowest BCUT2D eigenvalue weighted by Gasteiger charge is -2.12. The van der Waals surface area contributed by atoms with Crippen molar-refractivity contribution in [1.82, 2.24) is 4.31 Å². The maximum absolute atomic E-state index is 12.8. The van der Waals surface area contributed by atoms with E-state index in [2.05, 4.69) is 5.32 Å². The van der Waals surface area contributed by atoms with Crippen LogP contribution < -0.4 is 5.32 Å². The van der Waals surface area contributed by atoms with Crippen LogP contribution in [0.1, 0.15) is 27.6 Å². The number of hydrogen-bond donors (Lipinski definition) is 1. The smallest absolute Gasteiger partial charge is 0.341 e. The van der Waals surface area contributed by atoms with Gasteiger partial charge < -0.3 is 10.1 Å². The maximum Gasteiger partial charge on any atom is 0.341 e. The quantitative estimate of drug-likeness (QED) is 0.530. The Balaban J connectivity index is 1.95. The van der Waals surface area contributed by atoms with E-state index in [0.29, 0.717) is 10.6 Å². The molecule has 0 radical (unpaired) electrons. The molecule has 0 atom stereocenters. The molecule has 0 aliphatic heterocycles. The molecule has 0 fully saturated rings. The molecule has 158 valence electrons. The number of esters is 1. The highest BCUT2D eigenvalue weighted by Gasteiger charge is 2.24. The summed E-state index contributed by atoms with van der Waals surface area (Å²) in [5, 5.41) is 6.77. The van der Waals surface area contributed by atoms with Crippen molar-refractivity contribution >= 4 is 49.6 Å². The van der Waals surface area contributed by atoms with Crippen molar-refractivity contribution in [3.63, 3.8) is 0 Å². The van der Waals surface area contributed by atoms with E-state index in [1.165, 1.54) is 61.0 Å². The maximum atomic E-state index is 12.8. The molecule has 2 heterocycles. The summed E-state index contributed by atoms with van der Waals surface area (Å²) in [7, 11) is -0.833. The van der Waals surface area contributed by atoms with E-state index in [1.54, 1.807) is 12.3 Å². The highest BCUT2D eigenvalue weighted by atomic mass is 32.2. The van der Waals surface area contributed by atoms with Crippen LogP contribution in [0.25, 0.3) is 10.4 Å². The predicted molar refractivity (Wildman–Crippen MR) is 119 cm³/mol. The van der Waals surface area contributed by atoms with E-state index < -0.39 is 21.9 Å². The number of amides is 1. The first kappa shape index (κ1) is 22.2. The number of ether oxygens (including phenoxy) is 1. The van der Waals surface area contributed by atoms with Crippen molar-refractivity contribution in [2.24, 2.45) is 0 Å². The molecule has 0 bridgehead atoms. The van der Waals surface area contributed by atoms with Gasteiger partial charge in [-0.05, 0) is 36.6 Å². The largest absolute Gasteiger partial charge is 0.462 e. The van der Waals surface area contributed by atoms with Gasteiger partial charge in [0, 0.05) is 35.5 Å². The third-order valence-corrected chi connectivity index (χ3v) is 7.77. The first-order valence-electron chi connectivity index (χ1n) is 8.92. The van der Waals surface area contributed by atoms with Crippen LogP contribution in [0.5, 0.6) is 0 Å². The summed E-state index contributed by atoms with van der Waals surface area (Å²) < 4.78 is 31.0. The number of benzene rings is 1. The van der Waals surface area contributed by atoms with Gasteiger partial charge in [-0.3, -0.25) is 4.79 Å². The van der Waals surface area contributed by atoms with E-state index in [4.69, 9.17) is 4.74 Å². The molecule has 1 N–H and O–H groups in total. The SMILES string of the molecule is CCOC(=O)c1c(-c2cccs2)csc1NC(=O)c1cccc(S(=O)(=O)N(C)C)c1. The van der Waals surface area contributed by atoms with Gasteiger partial charge in [0.1, 0.15) is 10.6 Å².